The van der Waals surface area contributed by atoms with Gasteiger partial charge in [-0.25, -0.2) is 0 Å². The summed E-state index contributed by atoms with van der Waals surface area (Å²) in [4.78, 5) is 2.37. The van der Waals surface area contributed by atoms with Gasteiger partial charge in [-0.2, -0.15) is 0 Å². The molecule has 2 aromatic rings. The Labute approximate surface area is 154 Å². The molecule has 0 aliphatic heterocycles. The number of nitrogens with zero attached hydrogens (tertiary/aromatic N) is 1. The number of aryl methyl sites for hydroxylation is 2. The summed E-state index contributed by atoms with van der Waals surface area (Å²) in [5, 5.41) is 0. The van der Waals surface area contributed by atoms with Gasteiger partial charge < -0.3 is 4.90 Å². The van der Waals surface area contributed by atoms with E-state index in [0.717, 1.165) is 25.9 Å². The summed E-state index contributed by atoms with van der Waals surface area (Å²) >= 11 is 0. The largest absolute Gasteiger partial charge is 0.372 e. The molecule has 0 atom stereocenters. The van der Waals surface area contributed by atoms with Crippen LogP contribution in [0.3, 0.4) is 0 Å². The lowest BCUT2D eigenvalue weighted by Gasteiger charge is -2.20. The third-order valence-electron chi connectivity index (χ3n) is 4.77. The second-order valence-electron chi connectivity index (χ2n) is 6.62. The highest BCUT2D eigenvalue weighted by Gasteiger charge is 2.00. The van der Waals surface area contributed by atoms with E-state index < -0.39 is 0 Å². The van der Waals surface area contributed by atoms with E-state index >= 15 is 0 Å². The van der Waals surface area contributed by atoms with Crippen molar-refractivity contribution in [2.75, 3.05) is 18.0 Å². The molecule has 0 saturated heterocycles. The minimum Gasteiger partial charge on any atom is -0.372 e. The number of anilines is 1. The molecule has 0 unspecified atom stereocenters. The Bertz CT molecular complexity index is 618. The number of allylic oxidation sites excluding steroid dienone is 1. The van der Waals surface area contributed by atoms with Crippen molar-refractivity contribution in [2.45, 2.75) is 52.9 Å². The summed E-state index contributed by atoms with van der Waals surface area (Å²) in [7, 11) is 0. The maximum atomic E-state index is 2.37. The predicted octanol–water partition coefficient (Wildman–Crippen LogP) is 6.52. The summed E-state index contributed by atoms with van der Waals surface area (Å²) in [6, 6.07) is 18.0. The molecule has 0 aliphatic carbocycles. The van der Waals surface area contributed by atoms with Crippen LogP contribution in [0.2, 0.25) is 0 Å². The standard InChI is InChI=1S/C24H33N/c1-4-7-10-21-13-15-22(16-14-21)11-8-9-12-23-17-19-24(20-18-23)25(5-2)6-3/h9,12-20H,4-8,10-11H2,1-3H3/b12-9+. The minimum atomic E-state index is 1.06. The third kappa shape index (κ3) is 6.42. The molecule has 2 rings (SSSR count). The lowest BCUT2D eigenvalue weighted by Crippen LogP contribution is -2.21. The Morgan fingerprint density at radius 2 is 1.36 bits per heavy atom. The van der Waals surface area contributed by atoms with Gasteiger partial charge >= 0.3 is 0 Å². The van der Waals surface area contributed by atoms with Crippen molar-refractivity contribution in [2.24, 2.45) is 0 Å². The molecule has 0 heterocycles. The van der Waals surface area contributed by atoms with Crippen molar-refractivity contribution in [3.05, 3.63) is 71.3 Å². The van der Waals surface area contributed by atoms with Crippen molar-refractivity contribution >= 4 is 11.8 Å². The Morgan fingerprint density at radius 1 is 0.760 bits per heavy atom. The van der Waals surface area contributed by atoms with Crippen LogP contribution in [0.15, 0.2) is 54.6 Å². The normalized spacial score (nSPS) is 11.2. The first-order valence-corrected chi connectivity index (χ1v) is 9.86. The van der Waals surface area contributed by atoms with Crippen LogP contribution < -0.4 is 4.90 Å². The zero-order chi connectivity index (χ0) is 17.9. The smallest absolute Gasteiger partial charge is 0.0366 e. The molecule has 1 nitrogen and oxygen atoms in total. The summed E-state index contributed by atoms with van der Waals surface area (Å²) in [6.45, 7) is 8.77. The molecule has 0 aliphatic rings. The highest BCUT2D eigenvalue weighted by atomic mass is 15.1. The first kappa shape index (κ1) is 19.3. The Morgan fingerprint density at radius 3 is 1.92 bits per heavy atom. The van der Waals surface area contributed by atoms with Crippen molar-refractivity contribution in [1.82, 2.24) is 0 Å². The molecule has 0 radical (unpaired) electrons. The second kappa shape index (κ2) is 10.8. The van der Waals surface area contributed by atoms with Gasteiger partial charge in [0, 0.05) is 18.8 Å². The molecular formula is C24H33N. The van der Waals surface area contributed by atoms with Crippen LogP contribution >= 0.6 is 0 Å². The first-order chi connectivity index (χ1) is 12.3. The third-order valence-corrected chi connectivity index (χ3v) is 4.77. The summed E-state index contributed by atoms with van der Waals surface area (Å²) in [5.74, 6) is 0. The zero-order valence-electron chi connectivity index (χ0n) is 16.2. The predicted molar refractivity (Wildman–Crippen MR) is 112 cm³/mol. The molecule has 0 aromatic heterocycles. The lowest BCUT2D eigenvalue weighted by atomic mass is 10.0. The second-order valence-corrected chi connectivity index (χ2v) is 6.62. The molecule has 0 saturated carbocycles. The molecule has 0 fully saturated rings. The zero-order valence-corrected chi connectivity index (χ0v) is 16.2. The fourth-order valence-corrected chi connectivity index (χ4v) is 3.11. The molecule has 1 heteroatoms. The molecule has 134 valence electrons. The van der Waals surface area contributed by atoms with Gasteiger partial charge in [0.1, 0.15) is 0 Å². The summed E-state index contributed by atoms with van der Waals surface area (Å²) in [5.41, 5.74) is 5.49. The van der Waals surface area contributed by atoms with Crippen LogP contribution in [0.25, 0.3) is 6.08 Å². The molecular weight excluding hydrogens is 302 g/mol. The number of rotatable bonds is 10. The van der Waals surface area contributed by atoms with Crippen LogP contribution in [0, 0.1) is 0 Å². The van der Waals surface area contributed by atoms with Gasteiger partial charge in [0.15, 0.2) is 0 Å². The van der Waals surface area contributed by atoms with E-state index in [1.807, 2.05) is 0 Å². The average Bonchev–Trinajstić information content (AvgIpc) is 2.66. The van der Waals surface area contributed by atoms with Crippen molar-refractivity contribution in [3.8, 4) is 0 Å². The van der Waals surface area contributed by atoms with Crippen LogP contribution in [0.1, 0.15) is 56.7 Å². The highest BCUT2D eigenvalue weighted by Crippen LogP contribution is 2.16. The van der Waals surface area contributed by atoms with Crippen molar-refractivity contribution in [1.29, 1.82) is 0 Å². The maximum absolute atomic E-state index is 2.37. The number of hydrogen-bond acceptors (Lipinski definition) is 1. The van der Waals surface area contributed by atoms with Gasteiger partial charge in [-0.15, -0.1) is 0 Å². The fourth-order valence-electron chi connectivity index (χ4n) is 3.11. The van der Waals surface area contributed by atoms with Crippen molar-refractivity contribution in [3.63, 3.8) is 0 Å². The first-order valence-electron chi connectivity index (χ1n) is 9.86. The molecule has 0 N–H and O–H groups in total. The van der Waals surface area contributed by atoms with Gasteiger partial charge in [-0.05, 0) is 68.4 Å². The highest BCUT2D eigenvalue weighted by molar-refractivity contribution is 5.55. The van der Waals surface area contributed by atoms with Crippen LogP contribution in [-0.4, -0.2) is 13.1 Å². The number of hydrogen-bond donors (Lipinski definition) is 0. The maximum Gasteiger partial charge on any atom is 0.0366 e. The van der Waals surface area contributed by atoms with Crippen LogP contribution in [-0.2, 0) is 12.8 Å². The van der Waals surface area contributed by atoms with E-state index in [1.165, 1.54) is 41.6 Å². The van der Waals surface area contributed by atoms with E-state index in [9.17, 15) is 0 Å². The van der Waals surface area contributed by atoms with Gasteiger partial charge in [-0.1, -0.05) is 61.9 Å². The Balaban J connectivity index is 1.80. The summed E-state index contributed by atoms with van der Waals surface area (Å²) in [6.07, 6.45) is 10.5. The molecule has 0 bridgehead atoms. The monoisotopic (exact) mass is 335 g/mol. The molecule has 2 aromatic carbocycles. The molecule has 0 amide bonds. The van der Waals surface area contributed by atoms with Gasteiger partial charge in [0.25, 0.3) is 0 Å². The number of benzene rings is 2. The quantitative estimate of drug-likeness (QED) is 0.477. The minimum absolute atomic E-state index is 1.06. The van der Waals surface area contributed by atoms with Crippen LogP contribution in [0.5, 0.6) is 0 Å². The summed E-state index contributed by atoms with van der Waals surface area (Å²) < 4.78 is 0. The Kier molecular flexibility index (Phi) is 8.31. The van der Waals surface area contributed by atoms with Gasteiger partial charge in [-0.3, -0.25) is 0 Å². The van der Waals surface area contributed by atoms with E-state index in [1.54, 1.807) is 0 Å². The van der Waals surface area contributed by atoms with E-state index in [4.69, 9.17) is 0 Å². The molecule has 25 heavy (non-hydrogen) atoms. The van der Waals surface area contributed by atoms with Gasteiger partial charge in [0.05, 0.1) is 0 Å². The molecule has 0 spiro atoms. The van der Waals surface area contributed by atoms with Crippen LogP contribution in [0.4, 0.5) is 5.69 Å². The van der Waals surface area contributed by atoms with E-state index in [0.29, 0.717) is 0 Å². The fraction of sp³-hybridized carbons (Fsp3) is 0.417. The topological polar surface area (TPSA) is 3.24 Å². The van der Waals surface area contributed by atoms with Gasteiger partial charge in [0.2, 0.25) is 0 Å². The average molecular weight is 336 g/mol. The van der Waals surface area contributed by atoms with Crippen molar-refractivity contribution < 1.29 is 0 Å². The Hall–Kier alpha value is -2.02. The lowest BCUT2D eigenvalue weighted by molar-refractivity contribution is 0.794. The number of unbranched alkanes of at least 4 members (excludes halogenated alkanes) is 1. The SMILES string of the molecule is CCCCc1ccc(CC/C=C/c2ccc(N(CC)CC)cc2)cc1. The van der Waals surface area contributed by atoms with E-state index in [-0.39, 0.29) is 0 Å². The van der Waals surface area contributed by atoms with E-state index in [2.05, 4.69) is 86.4 Å².